The third kappa shape index (κ3) is 11.1. The number of ether oxygens (including phenoxy) is 1. The summed E-state index contributed by atoms with van der Waals surface area (Å²) in [6, 6.07) is 2.64. The molecule has 1 amide bonds. The first kappa shape index (κ1) is 36.3. The predicted octanol–water partition coefficient (Wildman–Crippen LogP) is 7.45. The van der Waals surface area contributed by atoms with Gasteiger partial charge in [0.2, 0.25) is 5.60 Å². The van der Waals surface area contributed by atoms with Crippen molar-refractivity contribution < 1.29 is 32.2 Å². The van der Waals surface area contributed by atoms with E-state index in [9.17, 15) is 27.5 Å². The quantitative estimate of drug-likeness (QED) is 0.216. The van der Waals surface area contributed by atoms with Gasteiger partial charge in [-0.15, -0.1) is 0 Å². The molecule has 0 aromatic carbocycles. The lowest BCUT2D eigenvalue weighted by atomic mass is 9.88. The Hall–Kier alpha value is -2.72. The van der Waals surface area contributed by atoms with Crippen molar-refractivity contribution in [2.75, 3.05) is 6.54 Å². The highest BCUT2D eigenvalue weighted by molar-refractivity contribution is 5.71. The lowest BCUT2D eigenvalue weighted by Gasteiger charge is -2.34. The number of hydrogen-bond acceptors (Lipinski definition) is 5. The molecule has 0 saturated heterocycles. The van der Waals surface area contributed by atoms with E-state index in [1.807, 2.05) is 33.0 Å². The molecule has 0 aliphatic heterocycles. The van der Waals surface area contributed by atoms with Crippen LogP contribution in [0.25, 0.3) is 5.57 Å². The predicted molar refractivity (Wildman–Crippen MR) is 149 cm³/mol. The number of hydrogen-bond donors (Lipinski definition) is 3. The van der Waals surface area contributed by atoms with Crippen LogP contribution in [0.15, 0.2) is 42.3 Å². The highest BCUT2D eigenvalue weighted by Crippen LogP contribution is 2.39. The molecule has 1 rings (SSSR count). The standard InChI is InChI=1S/C27H39F4N3O3.C2H6/c1-16(2)20(28)12-11-18(5)21-13-19(25(9,10)34-17(3)4)14-22(33-21)26(36,27(29,30)31)15-32-23(35)37-24(6,7)8;1-2/h11-14,17,34,36H,5,15H2,1-4,6-10H3,(H,32,35);1-2H3/b12-11-;. The SMILES string of the molecule is C=C(/C=C\C(F)=C(C)C)c1cc(C(C)(C)NC(C)C)cc(C(O)(CNC(=O)OC(C)(C)C)C(F)(F)F)n1.CC. The number of rotatable bonds is 9. The number of aromatic nitrogens is 1. The summed E-state index contributed by atoms with van der Waals surface area (Å²) in [7, 11) is 0. The second-order valence-corrected chi connectivity index (χ2v) is 11.0. The van der Waals surface area contributed by atoms with Gasteiger partial charge in [-0.2, -0.15) is 13.2 Å². The summed E-state index contributed by atoms with van der Waals surface area (Å²) in [5.41, 5.74) is -5.19. The van der Waals surface area contributed by atoms with E-state index in [4.69, 9.17) is 4.74 Å². The molecule has 0 bridgehead atoms. The number of nitrogens with one attached hydrogen (secondary N) is 2. The van der Waals surface area contributed by atoms with Gasteiger partial charge in [-0.25, -0.2) is 14.2 Å². The number of carbonyl (C=O) groups is 1. The van der Waals surface area contributed by atoms with Crippen molar-refractivity contribution in [3.8, 4) is 0 Å². The fraction of sp³-hybridized carbons (Fsp3) is 0.586. The number of pyridine rings is 1. The number of allylic oxidation sites excluding steroid dienone is 5. The first-order valence-corrected chi connectivity index (χ1v) is 12.9. The van der Waals surface area contributed by atoms with Gasteiger partial charge in [-0.1, -0.05) is 40.3 Å². The minimum Gasteiger partial charge on any atom is -0.444 e. The van der Waals surface area contributed by atoms with E-state index in [2.05, 4.69) is 16.9 Å². The number of halogens is 4. The molecule has 1 atom stereocenters. The van der Waals surface area contributed by atoms with Crippen LogP contribution in [0.2, 0.25) is 0 Å². The Labute approximate surface area is 230 Å². The molecule has 0 aliphatic rings. The van der Waals surface area contributed by atoms with Gasteiger partial charge in [0.1, 0.15) is 11.4 Å². The van der Waals surface area contributed by atoms with Crippen LogP contribution < -0.4 is 10.6 Å². The molecule has 0 aliphatic carbocycles. The Morgan fingerprint density at radius 3 is 2.08 bits per heavy atom. The highest BCUT2D eigenvalue weighted by atomic mass is 19.4. The summed E-state index contributed by atoms with van der Waals surface area (Å²) < 4.78 is 61.9. The number of nitrogens with zero attached hydrogens (tertiary/aromatic N) is 1. The zero-order chi connectivity index (χ0) is 31.0. The first-order valence-electron chi connectivity index (χ1n) is 12.9. The lowest BCUT2D eigenvalue weighted by Crippen LogP contribution is -2.52. The van der Waals surface area contributed by atoms with Gasteiger partial charge >= 0.3 is 12.3 Å². The molecule has 1 unspecified atom stereocenters. The number of aliphatic hydroxyl groups is 1. The number of alkyl halides is 3. The van der Waals surface area contributed by atoms with Crippen molar-refractivity contribution >= 4 is 11.7 Å². The van der Waals surface area contributed by atoms with Crippen LogP contribution in [0.1, 0.15) is 93.1 Å². The molecule has 10 heteroatoms. The van der Waals surface area contributed by atoms with Crippen molar-refractivity contribution in [2.45, 2.75) is 105 Å². The Kier molecular flexibility index (Phi) is 13.1. The Bertz CT molecular complexity index is 1050. The van der Waals surface area contributed by atoms with Gasteiger partial charge in [0.15, 0.2) is 0 Å². The molecular formula is C29H45F4N3O3. The fourth-order valence-corrected chi connectivity index (χ4v) is 3.35. The maximum absolute atomic E-state index is 14.3. The van der Waals surface area contributed by atoms with Gasteiger partial charge in [0.05, 0.1) is 17.9 Å². The minimum absolute atomic E-state index is 0.00359. The third-order valence-electron chi connectivity index (χ3n) is 5.21. The Morgan fingerprint density at radius 1 is 1.10 bits per heavy atom. The summed E-state index contributed by atoms with van der Waals surface area (Å²) in [6.45, 7) is 21.7. The van der Waals surface area contributed by atoms with E-state index < -0.39 is 47.1 Å². The third-order valence-corrected chi connectivity index (χ3v) is 5.21. The maximum atomic E-state index is 14.3. The van der Waals surface area contributed by atoms with Crippen LogP contribution in [0, 0.1) is 0 Å². The van der Waals surface area contributed by atoms with Gasteiger partial charge in [0, 0.05) is 11.6 Å². The van der Waals surface area contributed by atoms with Crippen molar-refractivity contribution in [3.05, 3.63) is 59.2 Å². The van der Waals surface area contributed by atoms with Gasteiger partial charge in [-0.05, 0) is 83.4 Å². The molecule has 0 fully saturated rings. The monoisotopic (exact) mass is 559 g/mol. The number of amides is 1. The summed E-state index contributed by atoms with van der Waals surface area (Å²) in [4.78, 5) is 16.1. The fourth-order valence-electron chi connectivity index (χ4n) is 3.35. The van der Waals surface area contributed by atoms with Crippen LogP contribution >= 0.6 is 0 Å². The van der Waals surface area contributed by atoms with Crippen molar-refractivity contribution in [1.29, 1.82) is 0 Å². The largest absolute Gasteiger partial charge is 0.444 e. The Morgan fingerprint density at radius 2 is 1.64 bits per heavy atom. The van der Waals surface area contributed by atoms with E-state index in [0.29, 0.717) is 11.1 Å². The molecule has 0 saturated carbocycles. The Balaban J connectivity index is 0.00000704. The lowest BCUT2D eigenvalue weighted by molar-refractivity contribution is -0.265. The molecular weight excluding hydrogens is 514 g/mol. The van der Waals surface area contributed by atoms with Crippen LogP contribution in [-0.2, 0) is 15.9 Å². The smallest absolute Gasteiger partial charge is 0.424 e. The molecule has 1 aromatic rings. The molecule has 3 N–H and O–H groups in total. The second kappa shape index (κ2) is 14.1. The minimum atomic E-state index is -5.22. The number of carbonyl (C=O) groups excluding carboxylic acids is 1. The summed E-state index contributed by atoms with van der Waals surface area (Å²) in [5.74, 6) is -0.521. The average molecular weight is 560 g/mol. The van der Waals surface area contributed by atoms with E-state index >= 15 is 0 Å². The normalized spacial score (nSPS) is 13.9. The van der Waals surface area contributed by atoms with E-state index in [1.165, 1.54) is 12.1 Å². The summed E-state index contributed by atoms with van der Waals surface area (Å²) >= 11 is 0. The molecule has 6 nitrogen and oxygen atoms in total. The average Bonchev–Trinajstić information content (AvgIpc) is 2.78. The van der Waals surface area contributed by atoms with Crippen molar-refractivity contribution in [3.63, 3.8) is 0 Å². The van der Waals surface area contributed by atoms with Crippen LogP contribution in [0.4, 0.5) is 22.4 Å². The molecule has 1 heterocycles. The van der Waals surface area contributed by atoms with E-state index in [0.717, 1.165) is 12.1 Å². The first-order chi connectivity index (χ1) is 17.6. The maximum Gasteiger partial charge on any atom is 0.424 e. The summed E-state index contributed by atoms with van der Waals surface area (Å²) in [5, 5.41) is 16.2. The summed E-state index contributed by atoms with van der Waals surface area (Å²) in [6.07, 6.45) is -3.90. The molecule has 39 heavy (non-hydrogen) atoms. The molecule has 0 radical (unpaired) electrons. The highest BCUT2D eigenvalue weighted by Gasteiger charge is 2.57. The van der Waals surface area contributed by atoms with Gasteiger partial charge in [-0.3, -0.25) is 0 Å². The van der Waals surface area contributed by atoms with Crippen LogP contribution in [0.3, 0.4) is 0 Å². The molecule has 222 valence electrons. The molecule has 1 aromatic heterocycles. The van der Waals surface area contributed by atoms with E-state index in [-0.39, 0.29) is 17.3 Å². The second-order valence-electron chi connectivity index (χ2n) is 11.0. The van der Waals surface area contributed by atoms with Crippen molar-refractivity contribution in [2.24, 2.45) is 0 Å². The van der Waals surface area contributed by atoms with E-state index in [1.54, 1.807) is 48.5 Å². The van der Waals surface area contributed by atoms with Crippen molar-refractivity contribution in [1.82, 2.24) is 15.6 Å². The number of alkyl carbamates (subject to hydrolysis) is 1. The zero-order valence-electron chi connectivity index (χ0n) is 25.0. The molecule has 0 spiro atoms. The van der Waals surface area contributed by atoms with Crippen LogP contribution in [-0.4, -0.2) is 40.5 Å². The van der Waals surface area contributed by atoms with Gasteiger partial charge in [0.25, 0.3) is 0 Å². The van der Waals surface area contributed by atoms with Crippen LogP contribution in [0.5, 0.6) is 0 Å². The topological polar surface area (TPSA) is 83.5 Å². The van der Waals surface area contributed by atoms with Gasteiger partial charge < -0.3 is 20.5 Å². The zero-order valence-corrected chi connectivity index (χ0v) is 25.0.